The molecule has 0 radical (unpaired) electrons. The van der Waals surface area contributed by atoms with Crippen LogP contribution in [0.4, 0.5) is 0 Å². The van der Waals surface area contributed by atoms with Gasteiger partial charge < -0.3 is 5.73 Å². The highest BCUT2D eigenvalue weighted by molar-refractivity contribution is 5.39. The van der Waals surface area contributed by atoms with Crippen LogP contribution in [0.1, 0.15) is 13.8 Å². The Labute approximate surface area is 68.6 Å². The van der Waals surface area contributed by atoms with Crippen LogP contribution < -0.4 is 5.73 Å². The van der Waals surface area contributed by atoms with Gasteiger partial charge in [0.05, 0.1) is 0 Å². The number of allylic oxidation sites excluding steroid dienone is 6. The van der Waals surface area contributed by atoms with Crippen molar-refractivity contribution in [3.8, 4) is 0 Å². The smallest absolute Gasteiger partial charge is 0.00265 e. The third-order valence-corrected chi connectivity index (χ3v) is 1.39. The van der Waals surface area contributed by atoms with Crippen LogP contribution in [0.15, 0.2) is 48.2 Å². The van der Waals surface area contributed by atoms with Crippen LogP contribution in [0, 0.1) is 0 Å². The zero-order valence-electron chi connectivity index (χ0n) is 7.17. The summed E-state index contributed by atoms with van der Waals surface area (Å²) in [6, 6.07) is 0. The highest BCUT2D eigenvalue weighted by Gasteiger charge is 1.89. The SMILES string of the molecule is C=CC(=C\C=C/C)/C(C)=C/N. The average Bonchev–Trinajstić information content (AvgIpc) is 2.05. The number of hydrogen-bond acceptors (Lipinski definition) is 1. The summed E-state index contributed by atoms with van der Waals surface area (Å²) < 4.78 is 0. The van der Waals surface area contributed by atoms with Crippen molar-refractivity contribution in [3.05, 3.63) is 48.2 Å². The molecule has 0 atom stereocenters. The maximum atomic E-state index is 5.35. The lowest BCUT2D eigenvalue weighted by Gasteiger charge is -1.97. The van der Waals surface area contributed by atoms with E-state index in [1.165, 1.54) is 0 Å². The molecule has 0 spiro atoms. The molecule has 0 rings (SSSR count). The highest BCUT2D eigenvalue weighted by Crippen LogP contribution is 2.08. The second kappa shape index (κ2) is 5.54. The molecule has 1 heteroatoms. The van der Waals surface area contributed by atoms with E-state index in [4.69, 9.17) is 5.73 Å². The molecule has 0 aliphatic heterocycles. The Balaban J connectivity index is 4.52. The molecule has 0 heterocycles. The van der Waals surface area contributed by atoms with Crippen LogP contribution in [0.25, 0.3) is 0 Å². The van der Waals surface area contributed by atoms with Gasteiger partial charge in [0.15, 0.2) is 0 Å². The van der Waals surface area contributed by atoms with E-state index in [1.807, 2.05) is 32.1 Å². The second-order valence-corrected chi connectivity index (χ2v) is 2.20. The van der Waals surface area contributed by atoms with E-state index in [1.54, 1.807) is 12.3 Å². The van der Waals surface area contributed by atoms with Crippen LogP contribution in [0.2, 0.25) is 0 Å². The molecular weight excluding hydrogens is 134 g/mol. The maximum Gasteiger partial charge on any atom is -0.00265 e. The lowest BCUT2D eigenvalue weighted by Crippen LogP contribution is -1.86. The minimum absolute atomic E-state index is 1.04. The first-order valence-corrected chi connectivity index (χ1v) is 3.60. The summed E-state index contributed by atoms with van der Waals surface area (Å²) >= 11 is 0. The van der Waals surface area contributed by atoms with Crippen LogP contribution in [0.5, 0.6) is 0 Å². The molecule has 0 aliphatic rings. The molecule has 60 valence electrons. The zero-order valence-corrected chi connectivity index (χ0v) is 7.17. The van der Waals surface area contributed by atoms with Crippen molar-refractivity contribution in [2.75, 3.05) is 0 Å². The van der Waals surface area contributed by atoms with Crippen LogP contribution in [0.3, 0.4) is 0 Å². The molecule has 11 heavy (non-hydrogen) atoms. The van der Waals surface area contributed by atoms with Gasteiger partial charge in [0, 0.05) is 0 Å². The molecular formula is C10H15N. The molecule has 0 saturated heterocycles. The van der Waals surface area contributed by atoms with Crippen molar-refractivity contribution in [2.24, 2.45) is 5.73 Å². The summed E-state index contributed by atoms with van der Waals surface area (Å²) in [4.78, 5) is 0. The average molecular weight is 149 g/mol. The Morgan fingerprint density at radius 1 is 1.45 bits per heavy atom. The van der Waals surface area contributed by atoms with Gasteiger partial charge >= 0.3 is 0 Å². The molecule has 0 aromatic heterocycles. The van der Waals surface area contributed by atoms with Crippen molar-refractivity contribution < 1.29 is 0 Å². The van der Waals surface area contributed by atoms with Gasteiger partial charge in [0.1, 0.15) is 0 Å². The first-order valence-electron chi connectivity index (χ1n) is 3.60. The summed E-state index contributed by atoms with van der Waals surface area (Å²) in [7, 11) is 0. The third-order valence-electron chi connectivity index (χ3n) is 1.39. The van der Waals surface area contributed by atoms with E-state index in [2.05, 4.69) is 6.58 Å². The fraction of sp³-hybridized carbons (Fsp3) is 0.200. The molecule has 1 nitrogen and oxygen atoms in total. The first-order chi connectivity index (χ1) is 5.26. The highest BCUT2D eigenvalue weighted by atomic mass is 14.5. The van der Waals surface area contributed by atoms with Crippen LogP contribution >= 0.6 is 0 Å². The van der Waals surface area contributed by atoms with E-state index in [9.17, 15) is 0 Å². The standard InChI is InChI=1S/C10H15N/c1-4-6-7-10(5-2)9(3)8-11/h4-8H,2,11H2,1,3H3/b6-4-,9-8+,10-7+. The summed E-state index contributed by atoms with van der Waals surface area (Å²) in [5.74, 6) is 0. The molecule has 0 unspecified atom stereocenters. The monoisotopic (exact) mass is 149 g/mol. The van der Waals surface area contributed by atoms with Crippen molar-refractivity contribution >= 4 is 0 Å². The minimum Gasteiger partial charge on any atom is -0.404 e. The van der Waals surface area contributed by atoms with Gasteiger partial charge in [0.25, 0.3) is 0 Å². The summed E-state index contributed by atoms with van der Waals surface area (Å²) in [5, 5.41) is 0. The van der Waals surface area contributed by atoms with Crippen molar-refractivity contribution in [2.45, 2.75) is 13.8 Å². The first kappa shape index (κ1) is 9.76. The molecule has 0 amide bonds. The molecule has 0 bridgehead atoms. The van der Waals surface area contributed by atoms with E-state index in [0.717, 1.165) is 11.1 Å². The predicted octanol–water partition coefficient (Wildman–Crippen LogP) is 2.54. The van der Waals surface area contributed by atoms with Gasteiger partial charge in [-0.05, 0) is 31.2 Å². The van der Waals surface area contributed by atoms with Gasteiger partial charge in [-0.1, -0.05) is 30.9 Å². The number of nitrogens with two attached hydrogens (primary N) is 1. The Kier molecular flexibility index (Phi) is 4.91. The number of rotatable bonds is 3. The van der Waals surface area contributed by atoms with Gasteiger partial charge in [-0.15, -0.1) is 0 Å². The van der Waals surface area contributed by atoms with Gasteiger partial charge in [-0.2, -0.15) is 0 Å². The van der Waals surface area contributed by atoms with Gasteiger partial charge in [-0.25, -0.2) is 0 Å². The van der Waals surface area contributed by atoms with E-state index >= 15 is 0 Å². The fourth-order valence-electron chi connectivity index (χ4n) is 0.657. The van der Waals surface area contributed by atoms with Crippen molar-refractivity contribution in [1.82, 2.24) is 0 Å². The summed E-state index contributed by atoms with van der Waals surface area (Å²) in [6.45, 7) is 7.61. The second-order valence-electron chi connectivity index (χ2n) is 2.20. The largest absolute Gasteiger partial charge is 0.404 e. The predicted molar refractivity (Wildman–Crippen MR) is 51.0 cm³/mol. The molecule has 0 aliphatic carbocycles. The Hall–Kier alpha value is -1.24. The normalized spacial score (nSPS) is 14.0. The molecule has 0 saturated carbocycles. The topological polar surface area (TPSA) is 26.0 Å². The fourth-order valence-corrected chi connectivity index (χ4v) is 0.657. The van der Waals surface area contributed by atoms with Gasteiger partial charge in [0.2, 0.25) is 0 Å². The summed E-state index contributed by atoms with van der Waals surface area (Å²) in [5.41, 5.74) is 7.45. The Morgan fingerprint density at radius 3 is 2.45 bits per heavy atom. The molecule has 0 aromatic carbocycles. The number of hydrogen-bond donors (Lipinski definition) is 1. The van der Waals surface area contributed by atoms with E-state index < -0.39 is 0 Å². The van der Waals surface area contributed by atoms with Gasteiger partial charge in [-0.3, -0.25) is 0 Å². The van der Waals surface area contributed by atoms with E-state index in [0.29, 0.717) is 0 Å². The summed E-state index contributed by atoms with van der Waals surface area (Å²) in [6.07, 6.45) is 9.28. The lowest BCUT2D eigenvalue weighted by atomic mass is 10.1. The zero-order chi connectivity index (χ0) is 8.69. The van der Waals surface area contributed by atoms with E-state index in [-0.39, 0.29) is 0 Å². The molecule has 2 N–H and O–H groups in total. The third kappa shape index (κ3) is 3.46. The van der Waals surface area contributed by atoms with Crippen molar-refractivity contribution in [1.29, 1.82) is 0 Å². The quantitative estimate of drug-likeness (QED) is 0.613. The van der Waals surface area contributed by atoms with Crippen molar-refractivity contribution in [3.63, 3.8) is 0 Å². The minimum atomic E-state index is 1.04. The molecule has 0 fully saturated rings. The van der Waals surface area contributed by atoms with Crippen LogP contribution in [-0.2, 0) is 0 Å². The Bertz CT molecular complexity index is 207. The lowest BCUT2D eigenvalue weighted by molar-refractivity contribution is 1.37. The maximum absolute atomic E-state index is 5.35. The molecule has 0 aromatic rings. The van der Waals surface area contributed by atoms with Crippen LogP contribution in [-0.4, -0.2) is 0 Å². The Morgan fingerprint density at radius 2 is 2.09 bits per heavy atom.